The van der Waals surface area contributed by atoms with Crippen molar-refractivity contribution < 1.29 is 9.53 Å². The number of ether oxygens (including phenoxy) is 1. The van der Waals surface area contributed by atoms with Crippen LogP contribution >= 0.6 is 11.6 Å². The molecule has 3 aromatic rings. The summed E-state index contributed by atoms with van der Waals surface area (Å²) in [4.78, 5) is 28.6. The fraction of sp³-hybridized carbons (Fsp3) is 0.227. The summed E-state index contributed by atoms with van der Waals surface area (Å²) in [6, 6.07) is 15.1. The van der Waals surface area contributed by atoms with Crippen LogP contribution in [0.15, 0.2) is 59.5 Å². The average Bonchev–Trinajstić information content (AvgIpc) is 3.21. The summed E-state index contributed by atoms with van der Waals surface area (Å²) in [7, 11) is 0. The SMILES string of the molecule is O=C1OCCN1c1cccc2c1CCN(c1cnn(-c3ccccc3)c(=O)c1Cl)C2. The minimum Gasteiger partial charge on any atom is -0.447 e. The summed E-state index contributed by atoms with van der Waals surface area (Å²) in [5.41, 5.74) is 4.07. The molecule has 8 heteroatoms. The number of hydrogen-bond acceptors (Lipinski definition) is 5. The zero-order chi connectivity index (χ0) is 20.7. The lowest BCUT2D eigenvalue weighted by atomic mass is 9.97. The van der Waals surface area contributed by atoms with Gasteiger partial charge < -0.3 is 9.64 Å². The van der Waals surface area contributed by atoms with Crippen molar-refractivity contribution in [3.05, 3.63) is 81.2 Å². The van der Waals surface area contributed by atoms with Crippen LogP contribution in [0, 0.1) is 0 Å². The second-order valence-electron chi connectivity index (χ2n) is 7.25. The molecule has 0 spiro atoms. The van der Waals surface area contributed by atoms with Gasteiger partial charge >= 0.3 is 6.09 Å². The number of halogens is 1. The molecule has 152 valence electrons. The second-order valence-corrected chi connectivity index (χ2v) is 7.63. The van der Waals surface area contributed by atoms with E-state index in [4.69, 9.17) is 16.3 Å². The van der Waals surface area contributed by atoms with Crippen molar-refractivity contribution in [2.75, 3.05) is 29.5 Å². The van der Waals surface area contributed by atoms with Crippen molar-refractivity contribution in [3.63, 3.8) is 0 Å². The zero-order valence-electron chi connectivity index (χ0n) is 16.1. The van der Waals surface area contributed by atoms with Gasteiger partial charge in [-0.15, -0.1) is 0 Å². The maximum absolute atomic E-state index is 12.8. The minimum absolute atomic E-state index is 0.150. The molecule has 2 aromatic carbocycles. The van der Waals surface area contributed by atoms with Gasteiger partial charge in [-0.05, 0) is 35.7 Å². The van der Waals surface area contributed by atoms with Gasteiger partial charge in [0.15, 0.2) is 0 Å². The predicted octanol–water partition coefficient (Wildman–Crippen LogP) is 3.41. The first-order valence-electron chi connectivity index (χ1n) is 9.77. The predicted molar refractivity (Wildman–Crippen MR) is 115 cm³/mol. The van der Waals surface area contributed by atoms with Crippen molar-refractivity contribution in [1.82, 2.24) is 9.78 Å². The molecule has 0 radical (unpaired) electrons. The Balaban J connectivity index is 1.46. The highest BCUT2D eigenvalue weighted by atomic mass is 35.5. The molecule has 1 fully saturated rings. The fourth-order valence-corrected chi connectivity index (χ4v) is 4.31. The number of amides is 1. The maximum atomic E-state index is 12.8. The van der Waals surface area contributed by atoms with Gasteiger partial charge in [-0.3, -0.25) is 9.69 Å². The number of nitrogens with zero attached hydrogens (tertiary/aromatic N) is 4. The van der Waals surface area contributed by atoms with Gasteiger partial charge in [0.1, 0.15) is 11.6 Å². The first-order valence-corrected chi connectivity index (χ1v) is 10.1. The van der Waals surface area contributed by atoms with E-state index in [1.54, 1.807) is 11.1 Å². The Morgan fingerprint density at radius 2 is 1.80 bits per heavy atom. The number of cyclic esters (lactones) is 1. The molecule has 1 amide bonds. The van der Waals surface area contributed by atoms with Gasteiger partial charge in [0.25, 0.3) is 5.56 Å². The number of para-hydroxylation sites is 1. The van der Waals surface area contributed by atoms with E-state index in [1.807, 2.05) is 48.5 Å². The van der Waals surface area contributed by atoms with Crippen molar-refractivity contribution in [1.29, 1.82) is 0 Å². The smallest absolute Gasteiger partial charge is 0.414 e. The van der Waals surface area contributed by atoms with Crippen molar-refractivity contribution in [2.45, 2.75) is 13.0 Å². The number of aromatic nitrogens is 2. The van der Waals surface area contributed by atoms with E-state index in [-0.39, 0.29) is 16.7 Å². The number of carbonyl (C=O) groups excluding carboxylic acids is 1. The number of hydrogen-bond donors (Lipinski definition) is 0. The highest BCUT2D eigenvalue weighted by Gasteiger charge is 2.29. The van der Waals surface area contributed by atoms with Gasteiger partial charge in [-0.2, -0.15) is 9.78 Å². The summed E-state index contributed by atoms with van der Waals surface area (Å²) in [5.74, 6) is 0. The standard InChI is InChI=1S/C22H19ClN4O3/c23-20-19(13-24-27(21(20)28)16-6-2-1-3-7-16)25-10-9-17-15(14-25)5-4-8-18(17)26-11-12-30-22(26)29/h1-8,13H,9-12,14H2. The third-order valence-corrected chi connectivity index (χ3v) is 5.89. The number of fused-ring (bicyclic) bond motifs is 1. The van der Waals surface area contributed by atoms with E-state index in [0.29, 0.717) is 37.6 Å². The largest absolute Gasteiger partial charge is 0.447 e. The molecule has 0 unspecified atom stereocenters. The van der Waals surface area contributed by atoms with Crippen LogP contribution in [0.1, 0.15) is 11.1 Å². The number of rotatable bonds is 3. The van der Waals surface area contributed by atoms with Crippen LogP contribution in [0.3, 0.4) is 0 Å². The van der Waals surface area contributed by atoms with Crippen LogP contribution in [0.25, 0.3) is 5.69 Å². The summed E-state index contributed by atoms with van der Waals surface area (Å²) >= 11 is 6.48. The molecular weight excluding hydrogens is 404 g/mol. The van der Waals surface area contributed by atoms with E-state index >= 15 is 0 Å². The number of anilines is 2. The fourth-order valence-electron chi connectivity index (χ4n) is 4.06. The normalized spacial score (nSPS) is 15.8. The monoisotopic (exact) mass is 422 g/mol. The lowest BCUT2D eigenvalue weighted by Crippen LogP contribution is -2.34. The summed E-state index contributed by atoms with van der Waals surface area (Å²) in [6.45, 7) is 2.23. The lowest BCUT2D eigenvalue weighted by Gasteiger charge is -2.33. The third-order valence-electron chi connectivity index (χ3n) is 5.53. The summed E-state index contributed by atoms with van der Waals surface area (Å²) < 4.78 is 6.40. The van der Waals surface area contributed by atoms with Crippen molar-refractivity contribution in [2.24, 2.45) is 0 Å². The number of benzene rings is 2. The molecule has 0 N–H and O–H groups in total. The molecule has 0 aliphatic carbocycles. The molecule has 7 nitrogen and oxygen atoms in total. The second kappa shape index (κ2) is 7.50. The minimum atomic E-state index is -0.347. The zero-order valence-corrected chi connectivity index (χ0v) is 16.9. The quantitative estimate of drug-likeness (QED) is 0.647. The first kappa shape index (κ1) is 18.7. The van der Waals surface area contributed by atoms with E-state index < -0.39 is 0 Å². The van der Waals surface area contributed by atoms with E-state index in [1.165, 1.54) is 4.68 Å². The Kier molecular flexibility index (Phi) is 4.67. The molecule has 0 saturated carbocycles. The topological polar surface area (TPSA) is 67.7 Å². The molecule has 3 heterocycles. The number of carbonyl (C=O) groups is 1. The van der Waals surface area contributed by atoms with E-state index in [2.05, 4.69) is 10.00 Å². The Hall–Kier alpha value is -3.32. The molecule has 0 atom stereocenters. The van der Waals surface area contributed by atoms with Crippen molar-refractivity contribution in [3.8, 4) is 5.69 Å². The van der Waals surface area contributed by atoms with Crippen LogP contribution in [0.2, 0.25) is 5.02 Å². The molecule has 5 rings (SSSR count). The van der Waals surface area contributed by atoms with E-state index in [0.717, 1.165) is 23.2 Å². The highest BCUT2D eigenvalue weighted by molar-refractivity contribution is 6.33. The van der Waals surface area contributed by atoms with Crippen LogP contribution in [0.4, 0.5) is 16.2 Å². The molecule has 1 aromatic heterocycles. The van der Waals surface area contributed by atoms with Gasteiger partial charge in [-0.1, -0.05) is 41.9 Å². The first-order chi connectivity index (χ1) is 14.6. The Labute approximate surface area is 178 Å². The molecule has 1 saturated heterocycles. The van der Waals surface area contributed by atoms with Gasteiger partial charge in [0, 0.05) is 13.1 Å². The average molecular weight is 423 g/mol. The van der Waals surface area contributed by atoms with Crippen molar-refractivity contribution >= 4 is 29.1 Å². The third kappa shape index (κ3) is 3.11. The molecule has 2 aliphatic rings. The Morgan fingerprint density at radius 3 is 2.57 bits per heavy atom. The van der Waals surface area contributed by atoms with Crippen LogP contribution in [0.5, 0.6) is 0 Å². The van der Waals surface area contributed by atoms with Gasteiger partial charge in [-0.25, -0.2) is 4.79 Å². The molecule has 2 aliphatic heterocycles. The molecule has 30 heavy (non-hydrogen) atoms. The highest BCUT2D eigenvalue weighted by Crippen LogP contribution is 2.33. The lowest BCUT2D eigenvalue weighted by molar-refractivity contribution is 0.181. The summed E-state index contributed by atoms with van der Waals surface area (Å²) in [6.07, 6.45) is 2.07. The van der Waals surface area contributed by atoms with Crippen LogP contribution < -0.4 is 15.4 Å². The summed E-state index contributed by atoms with van der Waals surface area (Å²) in [5, 5.41) is 4.49. The maximum Gasteiger partial charge on any atom is 0.414 e. The van der Waals surface area contributed by atoms with Crippen LogP contribution in [-0.4, -0.2) is 35.6 Å². The molecule has 0 bridgehead atoms. The Bertz CT molecular complexity index is 1180. The van der Waals surface area contributed by atoms with Gasteiger partial charge in [0.2, 0.25) is 0 Å². The molecular formula is C22H19ClN4O3. The van der Waals surface area contributed by atoms with Gasteiger partial charge in [0.05, 0.1) is 29.8 Å². The Morgan fingerprint density at radius 1 is 0.967 bits per heavy atom. The van der Waals surface area contributed by atoms with Crippen LogP contribution in [-0.2, 0) is 17.7 Å². The van der Waals surface area contributed by atoms with E-state index in [9.17, 15) is 9.59 Å².